The number of carbonyl (C=O) groups is 5. The number of fused-ring (bicyclic) bond motifs is 1. The Balaban J connectivity index is 2.08. The molecular weight excluding hydrogens is 564 g/mol. The van der Waals surface area contributed by atoms with Gasteiger partial charge in [-0.25, -0.2) is 4.99 Å². The molecule has 0 saturated carbocycles. The van der Waals surface area contributed by atoms with Crippen LogP contribution >= 0.6 is 0 Å². The summed E-state index contributed by atoms with van der Waals surface area (Å²) in [5.41, 5.74) is 10.3. The third-order valence-electron chi connectivity index (χ3n) is 7.73. The largest absolute Gasteiger partial charge is 0.370 e. The van der Waals surface area contributed by atoms with Crippen molar-refractivity contribution in [2.24, 2.45) is 22.4 Å². The van der Waals surface area contributed by atoms with Crippen molar-refractivity contribution in [3.63, 3.8) is 0 Å². The summed E-state index contributed by atoms with van der Waals surface area (Å²) in [7, 11) is 0. The summed E-state index contributed by atoms with van der Waals surface area (Å²) in [5, 5.41) is 15.6. The van der Waals surface area contributed by atoms with Gasteiger partial charge in [-0.1, -0.05) is 64.1 Å². The first-order valence-corrected chi connectivity index (χ1v) is 14.9. The lowest BCUT2D eigenvalue weighted by atomic mass is 9.93. The van der Waals surface area contributed by atoms with Gasteiger partial charge in [0.15, 0.2) is 5.96 Å². The fourth-order valence-corrected chi connectivity index (χ4v) is 4.96. The molecule has 5 atom stereocenters. The van der Waals surface area contributed by atoms with Gasteiger partial charge in [0.25, 0.3) is 0 Å². The molecule has 9 N–H and O–H groups in total. The maximum atomic E-state index is 13.8. The first kappa shape index (κ1) is 33.8. The van der Waals surface area contributed by atoms with Gasteiger partial charge in [-0.05, 0) is 48.6 Å². The van der Waals surface area contributed by atoms with Crippen LogP contribution in [0.5, 0.6) is 0 Å². The molecule has 1 saturated heterocycles. The van der Waals surface area contributed by atoms with Gasteiger partial charge < -0.3 is 38.1 Å². The van der Waals surface area contributed by atoms with Crippen molar-refractivity contribution in [2.45, 2.75) is 83.6 Å². The second-order valence-corrected chi connectivity index (χ2v) is 11.5. The van der Waals surface area contributed by atoms with E-state index in [1.807, 2.05) is 36.4 Å². The van der Waals surface area contributed by atoms with E-state index in [1.54, 1.807) is 33.8 Å². The van der Waals surface area contributed by atoms with Crippen LogP contribution in [0.2, 0.25) is 0 Å². The Hall–Kier alpha value is -4.68. The number of guanidine groups is 1. The number of nitrogens with two attached hydrogens (primary N) is 2. The second-order valence-electron chi connectivity index (χ2n) is 11.5. The summed E-state index contributed by atoms with van der Waals surface area (Å²) < 4.78 is 0. The molecule has 1 unspecified atom stereocenters. The molecule has 13 nitrogen and oxygen atoms in total. The van der Waals surface area contributed by atoms with E-state index in [1.165, 1.54) is 6.92 Å². The quantitative estimate of drug-likeness (QED) is 0.174. The Kier molecular flexibility index (Phi) is 11.3. The zero-order chi connectivity index (χ0) is 32.6. The van der Waals surface area contributed by atoms with Crippen molar-refractivity contribution < 1.29 is 24.0 Å². The van der Waals surface area contributed by atoms with E-state index >= 15 is 0 Å². The summed E-state index contributed by atoms with van der Waals surface area (Å²) in [6.07, 6.45) is 0.437. The van der Waals surface area contributed by atoms with Crippen LogP contribution in [0.1, 0.15) is 65.5 Å². The average Bonchev–Trinajstić information content (AvgIpc) is 2.98. The fourth-order valence-electron chi connectivity index (χ4n) is 4.96. The molecule has 1 heterocycles. The number of nitrogens with one attached hydrogen (secondary N) is 5. The van der Waals surface area contributed by atoms with Crippen molar-refractivity contribution in [3.05, 3.63) is 48.0 Å². The molecule has 1 aliphatic rings. The molecule has 44 heavy (non-hydrogen) atoms. The molecule has 238 valence electrons. The highest BCUT2D eigenvalue weighted by Gasteiger charge is 2.40. The third kappa shape index (κ3) is 8.23. The summed E-state index contributed by atoms with van der Waals surface area (Å²) in [6.45, 7) is 8.32. The van der Waals surface area contributed by atoms with Crippen LogP contribution in [0.4, 0.5) is 0 Å². The van der Waals surface area contributed by atoms with Crippen molar-refractivity contribution in [1.29, 1.82) is 0 Å². The standard InChI is InChI=1S/C31H44N8O5/c1-6-21(36-30(32)33)24-28(43)35-22(7-2)26(41)37-23(20-13-12-18-10-8-9-11-19(18)16-20)27(42)34-15-14-31(5,29(44)38-24)39-25(40)17(3)4/h8-13,16-17,21-24H,6-7,14-15H2,1-5H3,(H,34,42)(H,35,43)(H,37,41)(H,38,44)(H,39,40)(H4,32,33,36)/t21?,22-,23+,24-,31+/m0/s1. The zero-order valence-electron chi connectivity index (χ0n) is 25.9. The smallest absolute Gasteiger partial charge is 0.247 e. The van der Waals surface area contributed by atoms with E-state index in [9.17, 15) is 24.0 Å². The SMILES string of the molecule is CCC(N=C(N)N)[C@@H]1NC(=O)[C@](C)(NC(=O)C(C)C)CCNC(=O)[C@@H](c2ccc3ccccc3c2)NC(=O)[C@H](CC)NC1=O. The minimum Gasteiger partial charge on any atom is -0.370 e. The monoisotopic (exact) mass is 608 g/mol. The minimum atomic E-state index is -1.53. The van der Waals surface area contributed by atoms with Crippen LogP contribution in [-0.4, -0.2) is 65.7 Å². The summed E-state index contributed by atoms with van der Waals surface area (Å²) in [5.74, 6) is -3.57. The molecule has 0 aliphatic carbocycles. The Morgan fingerprint density at radius 1 is 0.977 bits per heavy atom. The Morgan fingerprint density at radius 2 is 1.66 bits per heavy atom. The first-order chi connectivity index (χ1) is 20.8. The number of rotatable bonds is 7. The highest BCUT2D eigenvalue weighted by Crippen LogP contribution is 2.22. The molecule has 2 aromatic rings. The number of aliphatic imine (C=N–C) groups is 1. The van der Waals surface area contributed by atoms with Crippen molar-refractivity contribution in [2.75, 3.05) is 6.54 Å². The zero-order valence-corrected chi connectivity index (χ0v) is 25.9. The first-order valence-electron chi connectivity index (χ1n) is 14.9. The van der Waals surface area contributed by atoms with Gasteiger partial charge in [-0.2, -0.15) is 0 Å². The number of hydrogen-bond acceptors (Lipinski definition) is 6. The molecule has 13 heteroatoms. The van der Waals surface area contributed by atoms with Gasteiger partial charge in [-0.15, -0.1) is 0 Å². The highest BCUT2D eigenvalue weighted by molar-refractivity contribution is 5.98. The molecule has 0 bridgehead atoms. The third-order valence-corrected chi connectivity index (χ3v) is 7.73. The minimum absolute atomic E-state index is 0.0214. The molecule has 0 radical (unpaired) electrons. The molecule has 3 rings (SSSR count). The lowest BCUT2D eigenvalue weighted by Gasteiger charge is -2.34. The topological polar surface area (TPSA) is 210 Å². The van der Waals surface area contributed by atoms with E-state index in [0.29, 0.717) is 5.56 Å². The van der Waals surface area contributed by atoms with E-state index < -0.39 is 59.3 Å². The number of hydrogen-bond donors (Lipinski definition) is 7. The Bertz CT molecular complexity index is 1420. The van der Waals surface area contributed by atoms with E-state index in [4.69, 9.17) is 11.5 Å². The molecule has 2 aromatic carbocycles. The number of carbonyl (C=O) groups excluding carboxylic acids is 5. The lowest BCUT2D eigenvalue weighted by Crippen LogP contribution is -2.65. The highest BCUT2D eigenvalue weighted by atomic mass is 16.2. The normalized spacial score (nSPS) is 24.3. The van der Waals surface area contributed by atoms with Crippen molar-refractivity contribution in [3.8, 4) is 0 Å². The van der Waals surface area contributed by atoms with Gasteiger partial charge in [0.2, 0.25) is 29.5 Å². The molecule has 1 fully saturated rings. The van der Waals surface area contributed by atoms with E-state index in [0.717, 1.165) is 10.8 Å². The summed E-state index contributed by atoms with van der Waals surface area (Å²) in [6, 6.07) is 8.75. The van der Waals surface area contributed by atoms with Crippen LogP contribution in [0, 0.1) is 5.92 Å². The number of benzene rings is 2. The van der Waals surface area contributed by atoms with E-state index in [-0.39, 0.29) is 37.7 Å². The van der Waals surface area contributed by atoms with Crippen molar-refractivity contribution >= 4 is 46.3 Å². The van der Waals surface area contributed by atoms with Crippen LogP contribution < -0.4 is 38.1 Å². The number of amides is 5. The Labute approximate surface area is 257 Å². The van der Waals surface area contributed by atoms with Gasteiger partial charge in [0.1, 0.15) is 23.7 Å². The molecule has 0 aromatic heterocycles. The van der Waals surface area contributed by atoms with Crippen molar-refractivity contribution in [1.82, 2.24) is 26.6 Å². The lowest BCUT2D eigenvalue weighted by molar-refractivity contribution is -0.138. The fraction of sp³-hybridized carbons (Fsp3) is 0.484. The second kappa shape index (κ2) is 14.7. The summed E-state index contributed by atoms with van der Waals surface area (Å²) in [4.78, 5) is 71.6. The molecule has 0 spiro atoms. The van der Waals surface area contributed by atoms with Gasteiger partial charge in [-0.3, -0.25) is 24.0 Å². The molecule has 5 amide bonds. The maximum Gasteiger partial charge on any atom is 0.247 e. The average molecular weight is 609 g/mol. The molecular formula is C31H44N8O5. The van der Waals surface area contributed by atoms with Crippen LogP contribution in [0.25, 0.3) is 10.8 Å². The number of nitrogens with zero attached hydrogens (tertiary/aromatic N) is 1. The Morgan fingerprint density at radius 3 is 2.27 bits per heavy atom. The predicted octanol–water partition coefficient (Wildman–Crippen LogP) is 0.480. The summed E-state index contributed by atoms with van der Waals surface area (Å²) >= 11 is 0. The van der Waals surface area contributed by atoms with Gasteiger partial charge >= 0.3 is 0 Å². The van der Waals surface area contributed by atoms with E-state index in [2.05, 4.69) is 31.6 Å². The van der Waals surface area contributed by atoms with Crippen LogP contribution in [0.3, 0.4) is 0 Å². The molecule has 1 aliphatic heterocycles. The van der Waals surface area contributed by atoms with Crippen LogP contribution in [0.15, 0.2) is 47.5 Å². The predicted molar refractivity (Wildman–Crippen MR) is 168 cm³/mol. The van der Waals surface area contributed by atoms with Gasteiger partial charge in [0, 0.05) is 12.5 Å². The van der Waals surface area contributed by atoms with Gasteiger partial charge in [0.05, 0.1) is 6.04 Å². The van der Waals surface area contributed by atoms with Crippen LogP contribution in [-0.2, 0) is 24.0 Å². The maximum absolute atomic E-state index is 13.8.